The van der Waals surface area contributed by atoms with Crippen LogP contribution >= 0.6 is 11.3 Å². The van der Waals surface area contributed by atoms with Crippen LogP contribution in [0.25, 0.3) is 21.2 Å². The van der Waals surface area contributed by atoms with E-state index in [2.05, 4.69) is 237 Å². The van der Waals surface area contributed by atoms with Gasteiger partial charge in [-0.3, -0.25) is 0 Å². The van der Waals surface area contributed by atoms with Gasteiger partial charge in [0.15, 0.2) is 0 Å². The zero-order valence-electron chi connectivity index (χ0n) is 43.7. The summed E-state index contributed by atoms with van der Waals surface area (Å²) >= 11 is 2.02. The Bertz CT molecular complexity index is 3120. The van der Waals surface area contributed by atoms with Crippen LogP contribution in [0.4, 0.5) is 34.1 Å². The fourth-order valence-electron chi connectivity index (χ4n) is 11.5. The third kappa shape index (κ3) is 7.42. The third-order valence-electron chi connectivity index (χ3n) is 15.7. The van der Waals surface area contributed by atoms with E-state index in [-0.39, 0.29) is 39.2 Å². The molecule has 0 radical (unpaired) electrons. The second-order valence-electron chi connectivity index (χ2n) is 25.9. The fourth-order valence-corrected chi connectivity index (χ4v) is 12.8. The highest BCUT2D eigenvalue weighted by atomic mass is 32.1. The molecule has 2 nitrogen and oxygen atoms in total. The second kappa shape index (κ2) is 15.0. The summed E-state index contributed by atoms with van der Waals surface area (Å²) in [5.74, 6) is 0. The number of rotatable bonds is 3. The molecule has 2 aliphatic heterocycles. The smallest absolute Gasteiger partial charge is 0.264 e. The van der Waals surface area contributed by atoms with Crippen LogP contribution in [0, 0.1) is 6.92 Å². The lowest BCUT2D eigenvalue weighted by Gasteiger charge is -2.47. The molecule has 10 rings (SSSR count). The molecule has 0 unspecified atom stereocenters. The van der Waals surface area contributed by atoms with Crippen LogP contribution in [-0.2, 0) is 32.5 Å². The van der Waals surface area contributed by atoms with Crippen molar-refractivity contribution in [2.24, 2.45) is 0 Å². The molecular weight excluding hydrogens is 828 g/mol. The van der Waals surface area contributed by atoms with Gasteiger partial charge in [-0.25, -0.2) is 0 Å². The second-order valence-corrected chi connectivity index (χ2v) is 27.0. The minimum absolute atomic E-state index is 0.0111. The van der Waals surface area contributed by atoms with E-state index in [1.165, 1.54) is 123 Å². The molecule has 344 valence electrons. The maximum atomic E-state index is 2.76. The summed E-state index contributed by atoms with van der Waals surface area (Å²) in [5.41, 5.74) is 22.8. The molecule has 3 aliphatic rings. The maximum absolute atomic E-state index is 2.76. The molecule has 6 aromatic carbocycles. The number of anilines is 6. The molecule has 0 N–H and O–H groups in total. The quantitative estimate of drug-likeness (QED) is 0.163. The third-order valence-corrected chi connectivity index (χ3v) is 17.0. The number of nitrogens with zero attached hydrogens (tertiary/aromatic N) is 2. The van der Waals surface area contributed by atoms with E-state index in [1.807, 2.05) is 11.3 Å². The van der Waals surface area contributed by atoms with E-state index in [0.717, 1.165) is 0 Å². The van der Waals surface area contributed by atoms with Crippen LogP contribution < -0.4 is 25.5 Å². The van der Waals surface area contributed by atoms with Gasteiger partial charge in [-0.15, -0.1) is 11.3 Å². The predicted molar refractivity (Wildman–Crippen MR) is 296 cm³/mol. The van der Waals surface area contributed by atoms with E-state index in [4.69, 9.17) is 0 Å². The first kappa shape index (κ1) is 45.7. The van der Waals surface area contributed by atoms with Crippen molar-refractivity contribution in [2.75, 3.05) is 9.80 Å². The van der Waals surface area contributed by atoms with Crippen molar-refractivity contribution in [1.82, 2.24) is 0 Å². The highest BCUT2D eigenvalue weighted by molar-refractivity contribution is 7.33. The van der Waals surface area contributed by atoms with Gasteiger partial charge in [-0.2, -0.15) is 0 Å². The number of fused-ring (bicyclic) bond motifs is 7. The molecule has 1 aromatic heterocycles. The minimum atomic E-state index is -0.126. The van der Waals surface area contributed by atoms with Crippen molar-refractivity contribution >= 4 is 78.0 Å². The normalized spacial score (nSPS) is 16.5. The molecule has 7 aromatic rings. The first-order chi connectivity index (χ1) is 31.1. The van der Waals surface area contributed by atoms with Gasteiger partial charge in [0.05, 0.1) is 11.4 Å². The summed E-state index contributed by atoms with van der Waals surface area (Å²) in [4.78, 5) is 5.41. The lowest BCUT2D eigenvalue weighted by atomic mass is 9.35. The number of aryl methyl sites for hydroxylation is 1. The van der Waals surface area contributed by atoms with Crippen molar-refractivity contribution in [3.8, 4) is 11.1 Å². The molecule has 0 spiro atoms. The molecule has 0 amide bonds. The lowest BCUT2D eigenvalue weighted by molar-refractivity contribution is 0.332. The maximum Gasteiger partial charge on any atom is 0.264 e. The predicted octanol–water partition coefficient (Wildman–Crippen LogP) is 16.5. The van der Waals surface area contributed by atoms with Crippen molar-refractivity contribution < 1.29 is 0 Å². The van der Waals surface area contributed by atoms with Crippen LogP contribution in [0.3, 0.4) is 0 Å². The Labute approximate surface area is 407 Å². The number of thiophene rings is 1. The molecule has 0 atom stereocenters. The number of benzene rings is 6. The summed E-state index contributed by atoms with van der Waals surface area (Å²) < 4.78 is 2.78. The first-order valence-electron chi connectivity index (χ1n) is 25.0. The van der Waals surface area contributed by atoms with E-state index in [9.17, 15) is 0 Å². The Morgan fingerprint density at radius 2 is 1.09 bits per heavy atom. The monoisotopic (exact) mass is 901 g/mol. The summed E-state index contributed by atoms with van der Waals surface area (Å²) in [6, 6.07) is 43.6. The summed E-state index contributed by atoms with van der Waals surface area (Å²) in [6.45, 7) is 40.7. The molecule has 4 heteroatoms. The molecular formula is C63H73BN2S. The van der Waals surface area contributed by atoms with Crippen LogP contribution in [0.2, 0.25) is 0 Å². The first-order valence-corrected chi connectivity index (χ1v) is 25.8. The SMILES string of the molecule is Cc1cc2c3c(c1)N(c1cc(C(C)(C)C)cc(C(C)(C)C)c1-c1ccccc1)c1c(sc4ccc(C(C)(C)C)cc14)B3c1cc3c(cc1N2c1ccc(C(C)(C)C)cc1)C(C)(C)CCC3(C)C. The van der Waals surface area contributed by atoms with E-state index >= 15 is 0 Å². The van der Waals surface area contributed by atoms with E-state index < -0.39 is 0 Å². The van der Waals surface area contributed by atoms with E-state index in [0.29, 0.717) is 0 Å². The molecule has 0 fully saturated rings. The van der Waals surface area contributed by atoms with Crippen molar-refractivity contribution in [3.63, 3.8) is 0 Å². The zero-order valence-corrected chi connectivity index (χ0v) is 44.5. The Balaban J connectivity index is 1.40. The van der Waals surface area contributed by atoms with Gasteiger partial charge < -0.3 is 9.80 Å². The minimum Gasteiger partial charge on any atom is -0.311 e. The van der Waals surface area contributed by atoms with Crippen molar-refractivity contribution in [1.29, 1.82) is 0 Å². The molecule has 1 aliphatic carbocycles. The Morgan fingerprint density at radius 3 is 1.67 bits per heavy atom. The van der Waals surface area contributed by atoms with E-state index in [1.54, 1.807) is 0 Å². The highest BCUT2D eigenvalue weighted by Gasteiger charge is 2.48. The lowest BCUT2D eigenvalue weighted by Crippen LogP contribution is -2.61. The van der Waals surface area contributed by atoms with Gasteiger partial charge >= 0.3 is 0 Å². The van der Waals surface area contributed by atoms with Gasteiger partial charge in [-0.05, 0) is 156 Å². The van der Waals surface area contributed by atoms with Crippen LogP contribution in [-0.4, -0.2) is 6.71 Å². The Kier molecular flexibility index (Phi) is 10.2. The summed E-state index contributed by atoms with van der Waals surface area (Å²) in [6.07, 6.45) is 2.35. The highest BCUT2D eigenvalue weighted by Crippen LogP contribution is 2.55. The van der Waals surface area contributed by atoms with Crippen molar-refractivity contribution in [2.45, 2.75) is 163 Å². The summed E-state index contributed by atoms with van der Waals surface area (Å²) in [5, 5.41) is 1.35. The molecule has 0 saturated carbocycles. The molecule has 67 heavy (non-hydrogen) atoms. The Hall–Kier alpha value is -5.06. The van der Waals surface area contributed by atoms with Gasteiger partial charge in [-0.1, -0.05) is 171 Å². The largest absolute Gasteiger partial charge is 0.311 e. The van der Waals surface area contributed by atoms with Gasteiger partial charge in [0.1, 0.15) is 0 Å². The van der Waals surface area contributed by atoms with Gasteiger partial charge in [0.25, 0.3) is 6.71 Å². The standard InChI is InChI=1S/C63H73BN2S/c1-38-31-51-55-52(32-38)66(50-35-42(60(8,9)10)34-47(61(11,12)13)54(50)39-21-19-18-20-22-39)56-44-33-41(59(5,6)7)25-28-53(44)67-57(56)64(55)48-36-45-46(63(16,17)30-29-62(45,14)15)37-49(48)65(51)43-26-23-40(24-27-43)58(2,3)4/h18-28,31-37H,29-30H2,1-17H3. The van der Waals surface area contributed by atoms with Crippen LogP contribution in [0.15, 0.2) is 109 Å². The topological polar surface area (TPSA) is 6.48 Å². The van der Waals surface area contributed by atoms with Gasteiger partial charge in [0.2, 0.25) is 0 Å². The summed E-state index contributed by atoms with van der Waals surface area (Å²) in [7, 11) is 0. The molecule has 0 bridgehead atoms. The van der Waals surface area contributed by atoms with Crippen LogP contribution in [0.1, 0.15) is 163 Å². The number of hydrogen-bond acceptors (Lipinski definition) is 3. The average molecular weight is 901 g/mol. The number of hydrogen-bond donors (Lipinski definition) is 0. The molecule has 0 saturated heterocycles. The average Bonchev–Trinajstić information content (AvgIpc) is 3.62. The van der Waals surface area contributed by atoms with Crippen LogP contribution in [0.5, 0.6) is 0 Å². The zero-order chi connectivity index (χ0) is 48.1. The molecule has 3 heterocycles. The van der Waals surface area contributed by atoms with Gasteiger partial charge in [0, 0.05) is 43.2 Å². The fraction of sp³-hybridized carbons (Fsp3) is 0.397. The van der Waals surface area contributed by atoms with Crippen molar-refractivity contribution in [3.05, 3.63) is 148 Å². The Morgan fingerprint density at radius 1 is 0.522 bits per heavy atom.